The summed E-state index contributed by atoms with van der Waals surface area (Å²) in [6.45, 7) is 7.18. The summed E-state index contributed by atoms with van der Waals surface area (Å²) in [7, 11) is 0. The van der Waals surface area contributed by atoms with Gasteiger partial charge >= 0.3 is 0 Å². The van der Waals surface area contributed by atoms with Gasteiger partial charge in [-0.2, -0.15) is 0 Å². The zero-order valence-electron chi connectivity index (χ0n) is 14.6. The van der Waals surface area contributed by atoms with Crippen LogP contribution in [0.25, 0.3) is 0 Å². The van der Waals surface area contributed by atoms with Crippen LogP contribution in [0.2, 0.25) is 0 Å². The molecule has 0 aliphatic heterocycles. The maximum atomic E-state index is 6.05. The molecule has 4 nitrogen and oxygen atoms in total. The number of benzene rings is 1. The number of pyridine rings is 1. The number of aliphatic imine (C=N–C) groups is 1. The number of hydrogen-bond acceptors (Lipinski definition) is 2. The van der Waals surface area contributed by atoms with E-state index < -0.39 is 0 Å². The molecule has 3 N–H and O–H groups in total. The Balaban J connectivity index is 0.00000288. The Hall–Kier alpha value is -1.63. The molecule has 5 heteroatoms. The number of nitrogens with one attached hydrogen (secondary N) is 1. The first-order valence-electron chi connectivity index (χ1n) is 8.16. The largest absolute Gasteiger partial charge is 0.370 e. The van der Waals surface area contributed by atoms with Crippen LogP contribution in [0.5, 0.6) is 0 Å². The number of nitrogens with zero attached hydrogens (tertiary/aromatic N) is 2. The average Bonchev–Trinajstić information content (AvgIpc) is 2.56. The fraction of sp³-hybridized carbons (Fsp3) is 0.368. The highest BCUT2D eigenvalue weighted by Crippen LogP contribution is 2.24. The Morgan fingerprint density at radius 3 is 2.67 bits per heavy atom. The van der Waals surface area contributed by atoms with Crippen molar-refractivity contribution in [2.24, 2.45) is 16.6 Å². The molecule has 1 aromatic heterocycles. The Bertz CT molecular complexity index is 641. The number of halogens is 1. The maximum absolute atomic E-state index is 6.05. The molecule has 0 aliphatic carbocycles. The molecule has 1 atom stereocenters. The lowest BCUT2D eigenvalue weighted by Gasteiger charge is -2.19. The lowest BCUT2D eigenvalue weighted by atomic mass is 9.89. The second-order valence-electron chi connectivity index (χ2n) is 6.04. The van der Waals surface area contributed by atoms with Crippen LogP contribution < -0.4 is 11.1 Å². The number of anilines is 1. The highest BCUT2D eigenvalue weighted by Gasteiger charge is 2.15. The molecule has 0 spiro atoms. The van der Waals surface area contributed by atoms with Crippen molar-refractivity contribution in [3.63, 3.8) is 0 Å². The highest BCUT2D eigenvalue weighted by molar-refractivity contribution is 14.0. The molecular weight excluding hydrogens is 411 g/mol. The van der Waals surface area contributed by atoms with Gasteiger partial charge in [0.05, 0.1) is 0 Å². The van der Waals surface area contributed by atoms with E-state index in [1.807, 2.05) is 24.4 Å². The van der Waals surface area contributed by atoms with E-state index >= 15 is 0 Å². The topological polar surface area (TPSA) is 63.3 Å². The van der Waals surface area contributed by atoms with Crippen molar-refractivity contribution in [1.29, 1.82) is 0 Å². The van der Waals surface area contributed by atoms with Crippen LogP contribution in [0, 0.1) is 5.92 Å². The molecule has 0 saturated heterocycles. The van der Waals surface area contributed by atoms with Gasteiger partial charge in [0.1, 0.15) is 0 Å². The minimum atomic E-state index is 0. The fourth-order valence-corrected chi connectivity index (χ4v) is 2.55. The van der Waals surface area contributed by atoms with Crippen LogP contribution in [-0.2, 0) is 6.42 Å². The second kappa shape index (κ2) is 10.3. The van der Waals surface area contributed by atoms with Gasteiger partial charge in [-0.05, 0) is 41.7 Å². The van der Waals surface area contributed by atoms with Crippen LogP contribution in [0.15, 0.2) is 53.8 Å². The molecule has 0 saturated carbocycles. The predicted octanol–water partition coefficient (Wildman–Crippen LogP) is 4.43. The number of hydrogen-bond donors (Lipinski definition) is 2. The number of guanidine groups is 1. The molecule has 0 fully saturated rings. The zero-order chi connectivity index (χ0) is 16.7. The Labute approximate surface area is 162 Å². The van der Waals surface area contributed by atoms with Gasteiger partial charge in [-0.15, -0.1) is 24.0 Å². The fourth-order valence-electron chi connectivity index (χ4n) is 2.55. The van der Waals surface area contributed by atoms with Crippen LogP contribution in [0.1, 0.15) is 37.8 Å². The van der Waals surface area contributed by atoms with E-state index in [0.29, 0.717) is 24.3 Å². The summed E-state index contributed by atoms with van der Waals surface area (Å²) in [5, 5.41) is 3.17. The van der Waals surface area contributed by atoms with Crippen molar-refractivity contribution in [3.8, 4) is 0 Å². The normalized spacial score (nSPS) is 12.6. The first-order valence-corrected chi connectivity index (χ1v) is 8.16. The van der Waals surface area contributed by atoms with Gasteiger partial charge in [0.15, 0.2) is 5.96 Å². The number of aryl methyl sites for hydroxylation is 1. The number of aromatic nitrogens is 1. The van der Waals surface area contributed by atoms with Crippen LogP contribution in [0.3, 0.4) is 0 Å². The first kappa shape index (κ1) is 20.4. The maximum Gasteiger partial charge on any atom is 0.193 e. The van der Waals surface area contributed by atoms with E-state index in [-0.39, 0.29) is 24.0 Å². The van der Waals surface area contributed by atoms with Crippen molar-refractivity contribution in [3.05, 3.63) is 59.9 Å². The predicted molar refractivity (Wildman–Crippen MR) is 113 cm³/mol. The highest BCUT2D eigenvalue weighted by atomic mass is 127. The van der Waals surface area contributed by atoms with Gasteiger partial charge in [0.2, 0.25) is 0 Å². The Morgan fingerprint density at radius 1 is 1.25 bits per heavy atom. The summed E-state index contributed by atoms with van der Waals surface area (Å²) >= 11 is 0. The van der Waals surface area contributed by atoms with Crippen LogP contribution >= 0.6 is 24.0 Å². The van der Waals surface area contributed by atoms with Crippen molar-refractivity contribution >= 4 is 35.6 Å². The lowest BCUT2D eigenvalue weighted by molar-refractivity contribution is 0.506. The molecule has 2 rings (SSSR count). The van der Waals surface area contributed by atoms with Crippen LogP contribution in [0.4, 0.5) is 5.69 Å². The molecule has 24 heavy (non-hydrogen) atoms. The standard InChI is InChI=1S/C19H26N4.HI/c1-4-15-7-5-9-17(11-15)23-19(20)22-13-18(14(2)3)16-8-6-10-21-12-16;/h5-12,14,18H,4,13H2,1-3H3,(H3,20,22,23);1H. The molecule has 0 radical (unpaired) electrons. The van der Waals surface area contributed by atoms with E-state index in [1.165, 1.54) is 11.1 Å². The van der Waals surface area contributed by atoms with Gasteiger partial charge in [0.25, 0.3) is 0 Å². The Kier molecular flexibility index (Phi) is 8.74. The van der Waals surface area contributed by atoms with Gasteiger partial charge in [-0.3, -0.25) is 9.98 Å². The number of nitrogens with two attached hydrogens (primary N) is 1. The van der Waals surface area contributed by atoms with Crippen molar-refractivity contribution < 1.29 is 0 Å². The summed E-state index contributed by atoms with van der Waals surface area (Å²) in [5.74, 6) is 1.23. The lowest BCUT2D eigenvalue weighted by Crippen LogP contribution is -2.24. The van der Waals surface area contributed by atoms with Gasteiger partial charge in [-0.1, -0.05) is 39.0 Å². The van der Waals surface area contributed by atoms with Crippen molar-refractivity contribution in [2.75, 3.05) is 11.9 Å². The molecule has 1 unspecified atom stereocenters. The summed E-state index contributed by atoms with van der Waals surface area (Å²) in [6, 6.07) is 12.3. The first-order chi connectivity index (χ1) is 11.1. The summed E-state index contributed by atoms with van der Waals surface area (Å²) < 4.78 is 0. The third-order valence-electron chi connectivity index (χ3n) is 3.98. The van der Waals surface area contributed by atoms with Gasteiger partial charge < -0.3 is 11.1 Å². The second-order valence-corrected chi connectivity index (χ2v) is 6.04. The molecule has 1 heterocycles. The summed E-state index contributed by atoms with van der Waals surface area (Å²) in [6.07, 6.45) is 4.71. The monoisotopic (exact) mass is 438 g/mol. The molecule has 0 amide bonds. The third-order valence-corrected chi connectivity index (χ3v) is 3.98. The van der Waals surface area contributed by atoms with Crippen molar-refractivity contribution in [2.45, 2.75) is 33.1 Å². The minimum absolute atomic E-state index is 0. The quantitative estimate of drug-likeness (QED) is 0.399. The average molecular weight is 438 g/mol. The SMILES string of the molecule is CCc1cccc(NC(N)=NCC(c2cccnc2)C(C)C)c1.I. The van der Waals surface area contributed by atoms with Crippen LogP contribution in [-0.4, -0.2) is 17.5 Å². The smallest absolute Gasteiger partial charge is 0.193 e. The van der Waals surface area contributed by atoms with Gasteiger partial charge in [0, 0.05) is 30.5 Å². The zero-order valence-corrected chi connectivity index (χ0v) is 16.9. The summed E-state index contributed by atoms with van der Waals surface area (Å²) in [4.78, 5) is 8.74. The van der Waals surface area contributed by atoms with Crippen molar-refractivity contribution in [1.82, 2.24) is 4.98 Å². The van der Waals surface area contributed by atoms with E-state index in [4.69, 9.17) is 5.73 Å². The Morgan fingerprint density at radius 2 is 2.04 bits per heavy atom. The van der Waals surface area contributed by atoms with E-state index in [0.717, 1.165) is 12.1 Å². The van der Waals surface area contributed by atoms with E-state index in [2.05, 4.69) is 54.3 Å². The molecule has 1 aromatic carbocycles. The summed E-state index contributed by atoms with van der Waals surface area (Å²) in [5.41, 5.74) is 9.50. The molecular formula is C19H27IN4. The number of rotatable bonds is 6. The molecule has 2 aromatic rings. The third kappa shape index (κ3) is 6.11. The van der Waals surface area contributed by atoms with Gasteiger partial charge in [-0.25, -0.2) is 0 Å². The molecule has 0 aliphatic rings. The van der Waals surface area contributed by atoms with E-state index in [9.17, 15) is 0 Å². The molecule has 0 bridgehead atoms. The minimum Gasteiger partial charge on any atom is -0.370 e. The van der Waals surface area contributed by atoms with E-state index in [1.54, 1.807) is 6.20 Å². The molecule has 130 valence electrons.